The van der Waals surface area contributed by atoms with Crippen molar-refractivity contribution < 1.29 is 28.7 Å². The molecule has 36 heavy (non-hydrogen) atoms. The van der Waals surface area contributed by atoms with Gasteiger partial charge in [0.05, 0.1) is 6.04 Å². The number of amides is 4. The average Bonchev–Trinajstić information content (AvgIpc) is 2.81. The van der Waals surface area contributed by atoms with Gasteiger partial charge < -0.3 is 26.4 Å². The monoisotopic (exact) mass is 503 g/mol. The third-order valence-corrected chi connectivity index (χ3v) is 5.12. The number of ether oxygens (including phenoxy) is 1. The van der Waals surface area contributed by atoms with Crippen LogP contribution in [-0.2, 0) is 30.5 Å². The maximum Gasteiger partial charge on any atom is 0.312 e. The van der Waals surface area contributed by atoms with E-state index in [1.807, 2.05) is 0 Å². The fourth-order valence-electron chi connectivity index (χ4n) is 3.30. The predicted molar refractivity (Wildman–Crippen MR) is 131 cm³/mol. The van der Waals surface area contributed by atoms with Gasteiger partial charge in [-0.3, -0.25) is 19.2 Å². The lowest BCUT2D eigenvalue weighted by Crippen LogP contribution is -2.46. The SMILES string of the molecule is CC(=O)OCc1ccc(NC(=O)[C@H](CCCNC(N)=O)CC(=O)[C@@H](NC(=O)CN=[N+]=[N-])C(C)C)cc1. The molecule has 0 aliphatic carbocycles. The molecule has 0 spiro atoms. The lowest BCUT2D eigenvalue weighted by atomic mass is 9.89. The minimum Gasteiger partial charge on any atom is -0.461 e. The second-order valence-electron chi connectivity index (χ2n) is 8.45. The number of esters is 1. The number of ketones is 1. The third-order valence-electron chi connectivity index (χ3n) is 5.12. The molecular formula is C23H33N7O6. The number of anilines is 1. The lowest BCUT2D eigenvalue weighted by Gasteiger charge is -2.24. The number of nitrogens with two attached hydrogens (primary N) is 1. The molecule has 0 aliphatic rings. The van der Waals surface area contributed by atoms with Crippen LogP contribution in [0.4, 0.5) is 10.5 Å². The number of azide groups is 1. The molecule has 13 heteroatoms. The minimum absolute atomic E-state index is 0.107. The molecule has 5 N–H and O–H groups in total. The molecule has 1 rings (SSSR count). The van der Waals surface area contributed by atoms with Gasteiger partial charge in [0, 0.05) is 36.4 Å². The summed E-state index contributed by atoms with van der Waals surface area (Å²) in [5, 5.41) is 11.0. The van der Waals surface area contributed by atoms with Gasteiger partial charge in [0.2, 0.25) is 11.8 Å². The van der Waals surface area contributed by atoms with Gasteiger partial charge in [-0.05, 0) is 42.0 Å². The Kier molecular flexibility index (Phi) is 13.1. The van der Waals surface area contributed by atoms with Gasteiger partial charge in [-0.25, -0.2) is 4.79 Å². The summed E-state index contributed by atoms with van der Waals surface area (Å²) in [7, 11) is 0. The summed E-state index contributed by atoms with van der Waals surface area (Å²) in [4.78, 5) is 62.5. The number of nitrogens with zero attached hydrogens (tertiary/aromatic N) is 3. The molecule has 0 aliphatic heterocycles. The first-order valence-corrected chi connectivity index (χ1v) is 11.4. The number of urea groups is 1. The predicted octanol–water partition coefficient (Wildman–Crippen LogP) is 2.16. The van der Waals surface area contributed by atoms with Crippen molar-refractivity contribution in [1.29, 1.82) is 0 Å². The fourth-order valence-corrected chi connectivity index (χ4v) is 3.30. The molecule has 0 unspecified atom stereocenters. The molecule has 13 nitrogen and oxygen atoms in total. The highest BCUT2D eigenvalue weighted by Gasteiger charge is 2.29. The quantitative estimate of drug-likeness (QED) is 0.0926. The van der Waals surface area contributed by atoms with Crippen molar-refractivity contribution in [2.75, 3.05) is 18.4 Å². The van der Waals surface area contributed by atoms with Crippen molar-refractivity contribution in [3.8, 4) is 0 Å². The number of hydrogen-bond acceptors (Lipinski definition) is 7. The maximum absolute atomic E-state index is 13.0. The van der Waals surface area contributed by atoms with Crippen LogP contribution in [0.2, 0.25) is 0 Å². The van der Waals surface area contributed by atoms with E-state index in [0.717, 1.165) is 5.56 Å². The van der Waals surface area contributed by atoms with Gasteiger partial charge in [-0.2, -0.15) is 0 Å². The van der Waals surface area contributed by atoms with E-state index >= 15 is 0 Å². The average molecular weight is 504 g/mol. The first kappa shape index (κ1) is 29.9. The minimum atomic E-state index is -0.869. The van der Waals surface area contributed by atoms with Crippen molar-refractivity contribution in [2.45, 2.75) is 52.7 Å². The van der Waals surface area contributed by atoms with Gasteiger partial charge in [-0.15, -0.1) is 0 Å². The van der Waals surface area contributed by atoms with Crippen LogP contribution in [0.1, 0.15) is 45.6 Å². The van der Waals surface area contributed by atoms with Gasteiger partial charge >= 0.3 is 12.0 Å². The van der Waals surface area contributed by atoms with Gasteiger partial charge in [0.15, 0.2) is 5.78 Å². The molecule has 2 atom stereocenters. The van der Waals surface area contributed by atoms with Crippen molar-refractivity contribution >= 4 is 35.3 Å². The Morgan fingerprint density at radius 3 is 2.36 bits per heavy atom. The molecule has 0 bridgehead atoms. The number of carbonyl (C=O) groups excluding carboxylic acids is 5. The zero-order valence-electron chi connectivity index (χ0n) is 20.7. The van der Waals surface area contributed by atoms with Crippen LogP contribution in [0.3, 0.4) is 0 Å². The Bertz CT molecular complexity index is 974. The normalized spacial score (nSPS) is 12.0. The van der Waals surface area contributed by atoms with E-state index in [4.69, 9.17) is 16.0 Å². The fraction of sp³-hybridized carbons (Fsp3) is 0.522. The Balaban J connectivity index is 2.92. The Morgan fingerprint density at radius 1 is 1.14 bits per heavy atom. The van der Waals surface area contributed by atoms with Crippen LogP contribution in [0.25, 0.3) is 10.4 Å². The molecule has 0 fully saturated rings. The molecule has 1 aromatic carbocycles. The molecule has 0 aromatic heterocycles. The number of carbonyl (C=O) groups is 5. The van der Waals surface area contributed by atoms with Crippen LogP contribution >= 0.6 is 0 Å². The Morgan fingerprint density at radius 2 is 1.81 bits per heavy atom. The molecule has 196 valence electrons. The molecule has 1 aromatic rings. The number of primary amides is 1. The van der Waals surface area contributed by atoms with Crippen molar-refractivity contribution in [3.05, 3.63) is 40.3 Å². The summed E-state index contributed by atoms with van der Waals surface area (Å²) in [6.45, 7) is 4.71. The van der Waals surface area contributed by atoms with E-state index in [0.29, 0.717) is 12.1 Å². The van der Waals surface area contributed by atoms with Gasteiger partial charge in [0.1, 0.15) is 13.2 Å². The second-order valence-corrected chi connectivity index (χ2v) is 8.45. The number of benzene rings is 1. The van der Waals surface area contributed by atoms with Crippen LogP contribution in [0.5, 0.6) is 0 Å². The van der Waals surface area contributed by atoms with Gasteiger partial charge in [-0.1, -0.05) is 31.1 Å². The molecule has 0 saturated carbocycles. The number of hydrogen-bond donors (Lipinski definition) is 4. The van der Waals surface area contributed by atoms with Crippen LogP contribution in [0.15, 0.2) is 29.4 Å². The highest BCUT2D eigenvalue weighted by atomic mass is 16.5. The Labute approximate surface area is 209 Å². The molecule has 0 saturated heterocycles. The van der Waals surface area contributed by atoms with E-state index in [2.05, 4.69) is 26.0 Å². The highest BCUT2D eigenvalue weighted by molar-refractivity contribution is 5.97. The summed E-state index contributed by atoms with van der Waals surface area (Å²) >= 11 is 0. The lowest BCUT2D eigenvalue weighted by molar-refractivity contribution is -0.142. The highest BCUT2D eigenvalue weighted by Crippen LogP contribution is 2.19. The molecule has 4 amide bonds. The first-order valence-electron chi connectivity index (χ1n) is 11.4. The summed E-state index contributed by atoms with van der Waals surface area (Å²) < 4.78 is 4.94. The number of nitrogens with one attached hydrogen (secondary N) is 3. The van der Waals surface area contributed by atoms with E-state index in [9.17, 15) is 24.0 Å². The summed E-state index contributed by atoms with van der Waals surface area (Å²) in [6, 6.07) is 5.14. The largest absolute Gasteiger partial charge is 0.461 e. The van der Waals surface area contributed by atoms with Crippen LogP contribution < -0.4 is 21.7 Å². The molecule has 0 heterocycles. The van der Waals surface area contributed by atoms with Crippen molar-refractivity contribution in [1.82, 2.24) is 10.6 Å². The molecule has 0 radical (unpaired) electrons. The standard InChI is InChI=1S/C23H33N7O6/c1-14(2)21(29-20(33)12-27-30-25)19(32)11-17(5-4-10-26-23(24)35)22(34)28-18-8-6-16(7-9-18)13-36-15(3)31/h6-9,14,17,21H,4-5,10-13H2,1-3H3,(H,28,34)(H,29,33)(H3,24,26,35)/t17-,21+/m1/s1. The smallest absolute Gasteiger partial charge is 0.312 e. The van der Waals surface area contributed by atoms with E-state index in [-0.39, 0.29) is 37.7 Å². The van der Waals surface area contributed by atoms with Crippen molar-refractivity contribution in [2.24, 2.45) is 22.7 Å². The second kappa shape index (κ2) is 15.7. The third kappa shape index (κ3) is 11.8. The first-order chi connectivity index (χ1) is 17.0. The van der Waals surface area contributed by atoms with Gasteiger partial charge in [0.25, 0.3) is 0 Å². The summed E-state index contributed by atoms with van der Waals surface area (Å²) in [5.74, 6) is -2.77. The zero-order chi connectivity index (χ0) is 27.1. The van der Waals surface area contributed by atoms with Crippen molar-refractivity contribution in [3.63, 3.8) is 0 Å². The summed E-state index contributed by atoms with van der Waals surface area (Å²) in [6.07, 6.45) is 0.517. The topological polar surface area (TPSA) is 205 Å². The number of Topliss-reactive ketones (excluding diaryl/α,β-unsaturated/α-hetero) is 1. The van der Waals surface area contributed by atoms with E-state index in [1.165, 1.54) is 6.92 Å². The van der Waals surface area contributed by atoms with E-state index in [1.54, 1.807) is 38.1 Å². The Hall–Kier alpha value is -4.12. The molecular weight excluding hydrogens is 470 g/mol. The van der Waals surface area contributed by atoms with Crippen LogP contribution in [-0.4, -0.2) is 48.7 Å². The zero-order valence-corrected chi connectivity index (χ0v) is 20.7. The van der Waals surface area contributed by atoms with Crippen LogP contribution in [0, 0.1) is 11.8 Å². The maximum atomic E-state index is 13.0. The summed E-state index contributed by atoms with van der Waals surface area (Å²) in [5.41, 5.74) is 14.7. The van der Waals surface area contributed by atoms with E-state index < -0.39 is 42.3 Å². The number of rotatable bonds is 15.